The average molecular weight is 238 g/mol. The predicted octanol–water partition coefficient (Wildman–Crippen LogP) is 1.43. The van der Waals surface area contributed by atoms with E-state index in [1.54, 1.807) is 12.1 Å². The molecule has 0 amide bonds. The third-order valence-corrected chi connectivity index (χ3v) is 2.00. The first-order valence-electron chi connectivity index (χ1n) is 5.33. The summed E-state index contributed by atoms with van der Waals surface area (Å²) in [4.78, 5) is 9.91. The Morgan fingerprint density at radius 1 is 1.41 bits per heavy atom. The molecule has 0 aromatic heterocycles. The number of hydrogen-bond donors (Lipinski definition) is 3. The summed E-state index contributed by atoms with van der Waals surface area (Å²) >= 11 is 0. The fourth-order valence-corrected chi connectivity index (χ4v) is 1.12. The van der Waals surface area contributed by atoms with Gasteiger partial charge < -0.3 is 11.5 Å². The van der Waals surface area contributed by atoms with Gasteiger partial charge in [-0.3, -0.25) is 15.5 Å². The lowest BCUT2D eigenvalue weighted by Gasteiger charge is -2.08. The molecule has 0 aliphatic carbocycles. The molecular weight excluding hydrogens is 220 g/mol. The highest BCUT2D eigenvalue weighted by atomic mass is 16.6. The van der Waals surface area contributed by atoms with E-state index >= 15 is 0 Å². The van der Waals surface area contributed by atoms with Crippen LogP contribution in [0.15, 0.2) is 24.3 Å². The smallest absolute Gasteiger partial charge is 0.269 e. The van der Waals surface area contributed by atoms with Crippen LogP contribution in [0.25, 0.3) is 0 Å². The molecule has 1 unspecified atom stereocenters. The van der Waals surface area contributed by atoms with Gasteiger partial charge in [0.15, 0.2) is 0 Å². The summed E-state index contributed by atoms with van der Waals surface area (Å²) in [6, 6.07) is 5.50. The first-order chi connectivity index (χ1) is 8.00. The highest BCUT2D eigenvalue weighted by Crippen LogP contribution is 2.12. The van der Waals surface area contributed by atoms with Gasteiger partial charge in [0.25, 0.3) is 5.69 Å². The van der Waals surface area contributed by atoms with E-state index in [1.807, 2.05) is 13.8 Å². The topological polar surface area (TPSA) is 119 Å². The van der Waals surface area contributed by atoms with Crippen molar-refractivity contribution < 1.29 is 4.92 Å². The van der Waals surface area contributed by atoms with Crippen LogP contribution in [0.5, 0.6) is 0 Å². The molecule has 0 spiro atoms. The third-order valence-electron chi connectivity index (χ3n) is 2.00. The molecule has 1 atom stereocenters. The zero-order valence-corrected chi connectivity index (χ0v) is 10.0. The summed E-state index contributed by atoms with van der Waals surface area (Å²) in [5.41, 5.74) is 11.6. The molecule has 94 valence electrons. The second-order valence-corrected chi connectivity index (χ2v) is 3.19. The standard InChI is InChI=1S/C9H12N4O2.C2H6/c10-8(9(11)12)5-6-1-3-7(4-2-6)13(14)15;1-2/h1-4,8H,5,10H2,(H3,11,12);1-2H3. The van der Waals surface area contributed by atoms with Gasteiger partial charge in [-0.25, -0.2) is 0 Å². The van der Waals surface area contributed by atoms with Crippen molar-refractivity contribution in [3.05, 3.63) is 39.9 Å². The van der Waals surface area contributed by atoms with Crippen LogP contribution in [0.1, 0.15) is 19.4 Å². The number of non-ortho nitro benzene ring substituents is 1. The highest BCUT2D eigenvalue weighted by molar-refractivity contribution is 5.82. The van der Waals surface area contributed by atoms with Gasteiger partial charge in [0.1, 0.15) is 5.84 Å². The molecule has 6 heteroatoms. The Hall–Kier alpha value is -1.95. The van der Waals surface area contributed by atoms with Gasteiger partial charge in [-0.2, -0.15) is 0 Å². The molecule has 1 aromatic rings. The van der Waals surface area contributed by atoms with Gasteiger partial charge in [0.2, 0.25) is 0 Å². The lowest BCUT2D eigenvalue weighted by atomic mass is 10.1. The molecule has 0 saturated heterocycles. The maximum Gasteiger partial charge on any atom is 0.269 e. The molecule has 6 nitrogen and oxygen atoms in total. The minimum atomic E-state index is -0.536. The van der Waals surface area contributed by atoms with Crippen LogP contribution in [0.2, 0.25) is 0 Å². The second-order valence-electron chi connectivity index (χ2n) is 3.19. The molecule has 5 N–H and O–H groups in total. The number of nitro groups is 1. The Kier molecular flexibility index (Phi) is 6.50. The van der Waals surface area contributed by atoms with Crippen LogP contribution in [0.4, 0.5) is 5.69 Å². The largest absolute Gasteiger partial charge is 0.386 e. The van der Waals surface area contributed by atoms with Crippen molar-refractivity contribution in [1.82, 2.24) is 0 Å². The Morgan fingerprint density at radius 2 is 1.88 bits per heavy atom. The Bertz CT molecular complexity index is 376. The number of rotatable bonds is 4. The molecule has 1 rings (SSSR count). The van der Waals surface area contributed by atoms with Gasteiger partial charge in [-0.15, -0.1) is 0 Å². The molecule has 0 radical (unpaired) electrons. The number of nitrogens with zero attached hydrogens (tertiary/aromatic N) is 1. The molecule has 17 heavy (non-hydrogen) atoms. The number of amidine groups is 1. The van der Waals surface area contributed by atoms with Crippen molar-refractivity contribution in [1.29, 1.82) is 5.41 Å². The van der Waals surface area contributed by atoms with Crippen LogP contribution in [-0.4, -0.2) is 16.8 Å². The maximum atomic E-state index is 10.4. The van der Waals surface area contributed by atoms with Gasteiger partial charge in [-0.05, 0) is 12.0 Å². The van der Waals surface area contributed by atoms with E-state index in [4.69, 9.17) is 16.9 Å². The number of hydrogen-bond acceptors (Lipinski definition) is 4. The van der Waals surface area contributed by atoms with E-state index in [-0.39, 0.29) is 11.5 Å². The van der Waals surface area contributed by atoms with Gasteiger partial charge in [0.05, 0.1) is 11.0 Å². The number of benzene rings is 1. The minimum absolute atomic E-state index is 0.0372. The monoisotopic (exact) mass is 238 g/mol. The summed E-state index contributed by atoms with van der Waals surface area (Å²) in [5.74, 6) is -0.0895. The zero-order chi connectivity index (χ0) is 13.4. The normalized spacial score (nSPS) is 11.0. The summed E-state index contributed by atoms with van der Waals surface area (Å²) in [6.45, 7) is 4.00. The average Bonchev–Trinajstić information content (AvgIpc) is 2.32. The van der Waals surface area contributed by atoms with Crippen LogP contribution in [-0.2, 0) is 6.42 Å². The number of nitro benzene ring substituents is 1. The van der Waals surface area contributed by atoms with Crippen molar-refractivity contribution in [2.24, 2.45) is 11.5 Å². The van der Waals surface area contributed by atoms with E-state index in [2.05, 4.69) is 0 Å². The molecule has 0 heterocycles. The first-order valence-corrected chi connectivity index (χ1v) is 5.33. The minimum Gasteiger partial charge on any atom is -0.386 e. The second kappa shape index (κ2) is 7.34. The molecule has 0 aliphatic rings. The quantitative estimate of drug-likeness (QED) is 0.318. The summed E-state index contributed by atoms with van der Waals surface area (Å²) < 4.78 is 0. The first kappa shape index (κ1) is 15.0. The predicted molar refractivity (Wildman–Crippen MR) is 68.0 cm³/mol. The van der Waals surface area contributed by atoms with Gasteiger partial charge in [0, 0.05) is 12.1 Å². The van der Waals surface area contributed by atoms with Crippen molar-refractivity contribution in [2.45, 2.75) is 26.3 Å². The fraction of sp³-hybridized carbons (Fsp3) is 0.364. The van der Waals surface area contributed by atoms with Gasteiger partial charge >= 0.3 is 0 Å². The van der Waals surface area contributed by atoms with E-state index < -0.39 is 11.0 Å². The Morgan fingerprint density at radius 3 is 2.24 bits per heavy atom. The van der Waals surface area contributed by atoms with E-state index in [9.17, 15) is 10.1 Å². The van der Waals surface area contributed by atoms with Crippen molar-refractivity contribution >= 4 is 11.5 Å². The van der Waals surface area contributed by atoms with Crippen LogP contribution >= 0.6 is 0 Å². The molecule has 0 fully saturated rings. The summed E-state index contributed by atoms with van der Waals surface area (Å²) in [7, 11) is 0. The third kappa shape index (κ3) is 5.07. The van der Waals surface area contributed by atoms with E-state index in [0.29, 0.717) is 6.42 Å². The van der Waals surface area contributed by atoms with Crippen LogP contribution in [0.3, 0.4) is 0 Å². The van der Waals surface area contributed by atoms with Crippen LogP contribution in [0, 0.1) is 15.5 Å². The van der Waals surface area contributed by atoms with Gasteiger partial charge in [-0.1, -0.05) is 26.0 Å². The molecule has 0 aliphatic heterocycles. The summed E-state index contributed by atoms with van der Waals surface area (Å²) in [6.07, 6.45) is 0.410. The Labute approximate surface area is 100 Å². The Balaban J connectivity index is 0.00000121. The number of nitrogens with one attached hydrogen (secondary N) is 1. The SMILES string of the molecule is CC.N=C(N)C(N)Cc1ccc([N+](=O)[O-])cc1. The molecule has 0 bridgehead atoms. The zero-order valence-electron chi connectivity index (χ0n) is 10.0. The van der Waals surface area contributed by atoms with Crippen molar-refractivity contribution in [2.75, 3.05) is 0 Å². The number of nitrogens with two attached hydrogens (primary N) is 2. The van der Waals surface area contributed by atoms with Crippen molar-refractivity contribution in [3.8, 4) is 0 Å². The van der Waals surface area contributed by atoms with E-state index in [0.717, 1.165) is 5.56 Å². The molecular formula is C11H18N4O2. The molecule has 1 aromatic carbocycles. The van der Waals surface area contributed by atoms with Crippen molar-refractivity contribution in [3.63, 3.8) is 0 Å². The summed E-state index contributed by atoms with van der Waals surface area (Å²) in [5, 5.41) is 17.5. The lowest BCUT2D eigenvalue weighted by molar-refractivity contribution is -0.384. The maximum absolute atomic E-state index is 10.4. The highest BCUT2D eigenvalue weighted by Gasteiger charge is 2.08. The van der Waals surface area contributed by atoms with E-state index in [1.165, 1.54) is 12.1 Å². The molecule has 0 saturated carbocycles. The fourth-order valence-electron chi connectivity index (χ4n) is 1.12. The lowest BCUT2D eigenvalue weighted by Crippen LogP contribution is -2.37. The van der Waals surface area contributed by atoms with Crippen LogP contribution < -0.4 is 11.5 Å².